The maximum atomic E-state index is 12.7. The molecule has 0 radical (unpaired) electrons. The summed E-state index contributed by atoms with van der Waals surface area (Å²) in [6.07, 6.45) is 5.70. The molecule has 0 aromatic carbocycles. The molecule has 0 aromatic heterocycles. The number of carboxylic acid groups (broad SMARTS) is 1. The molecule has 1 aliphatic carbocycles. The van der Waals surface area contributed by atoms with Crippen LogP contribution in [0.15, 0.2) is 0 Å². The van der Waals surface area contributed by atoms with Crippen molar-refractivity contribution >= 4 is 11.9 Å². The highest BCUT2D eigenvalue weighted by atomic mass is 16.5. The third-order valence-electron chi connectivity index (χ3n) is 6.41. The molecule has 1 saturated carbocycles. The summed E-state index contributed by atoms with van der Waals surface area (Å²) in [5, 5.41) is 9.68. The van der Waals surface area contributed by atoms with Gasteiger partial charge in [-0.3, -0.25) is 9.59 Å². The van der Waals surface area contributed by atoms with E-state index in [2.05, 4.69) is 13.8 Å². The lowest BCUT2D eigenvalue weighted by atomic mass is 9.72. The van der Waals surface area contributed by atoms with Crippen LogP contribution in [0, 0.1) is 22.7 Å². The molecule has 1 amide bonds. The zero-order chi connectivity index (χ0) is 16.7. The quantitative estimate of drug-likeness (QED) is 0.867. The van der Waals surface area contributed by atoms with E-state index in [1.807, 2.05) is 0 Å². The summed E-state index contributed by atoms with van der Waals surface area (Å²) in [5.74, 6) is -0.205. The number of aliphatic carboxylic acids is 1. The molecule has 1 N–H and O–H groups in total. The van der Waals surface area contributed by atoms with Crippen LogP contribution in [0.2, 0.25) is 0 Å². The van der Waals surface area contributed by atoms with Crippen molar-refractivity contribution in [2.45, 2.75) is 52.4 Å². The Kier molecular flexibility index (Phi) is 4.43. The van der Waals surface area contributed by atoms with E-state index in [4.69, 9.17) is 4.74 Å². The highest BCUT2D eigenvalue weighted by molar-refractivity contribution is 5.81. The first kappa shape index (κ1) is 16.7. The van der Waals surface area contributed by atoms with Crippen LogP contribution in [-0.4, -0.2) is 48.2 Å². The van der Waals surface area contributed by atoms with Gasteiger partial charge in [0.1, 0.15) is 0 Å². The number of likely N-dealkylation sites (tertiary alicyclic amines) is 1. The zero-order valence-corrected chi connectivity index (χ0v) is 14.3. The van der Waals surface area contributed by atoms with E-state index in [9.17, 15) is 14.7 Å². The van der Waals surface area contributed by atoms with Gasteiger partial charge in [-0.05, 0) is 43.4 Å². The van der Waals surface area contributed by atoms with E-state index in [1.54, 1.807) is 4.90 Å². The maximum Gasteiger partial charge on any atom is 0.311 e. The topological polar surface area (TPSA) is 66.8 Å². The van der Waals surface area contributed by atoms with E-state index < -0.39 is 11.4 Å². The fourth-order valence-electron chi connectivity index (χ4n) is 4.53. The SMILES string of the molecule is CC1(C)CCC(CC(=O)N2C[C@H]3COCC[C@@]3(C(=O)O)C2)CC1. The van der Waals surface area contributed by atoms with Gasteiger partial charge in [0.15, 0.2) is 0 Å². The lowest BCUT2D eigenvalue weighted by Gasteiger charge is -2.35. The summed E-state index contributed by atoms with van der Waals surface area (Å²) >= 11 is 0. The monoisotopic (exact) mass is 323 g/mol. The minimum atomic E-state index is -0.775. The number of hydrogen-bond donors (Lipinski definition) is 1. The largest absolute Gasteiger partial charge is 0.481 e. The number of carbonyl (C=O) groups excluding carboxylic acids is 1. The van der Waals surface area contributed by atoms with Crippen LogP contribution in [0.3, 0.4) is 0 Å². The van der Waals surface area contributed by atoms with Crippen LogP contribution >= 0.6 is 0 Å². The van der Waals surface area contributed by atoms with Crippen molar-refractivity contribution in [3.8, 4) is 0 Å². The molecule has 0 bridgehead atoms. The molecule has 2 heterocycles. The Morgan fingerprint density at radius 1 is 1.22 bits per heavy atom. The maximum absolute atomic E-state index is 12.7. The Morgan fingerprint density at radius 3 is 2.52 bits per heavy atom. The number of hydrogen-bond acceptors (Lipinski definition) is 3. The molecule has 5 heteroatoms. The summed E-state index contributed by atoms with van der Waals surface area (Å²) in [6.45, 7) is 6.46. The molecule has 130 valence electrons. The Labute approximate surface area is 138 Å². The van der Waals surface area contributed by atoms with E-state index in [0.717, 1.165) is 12.8 Å². The van der Waals surface area contributed by atoms with Gasteiger partial charge in [0, 0.05) is 32.0 Å². The molecule has 0 spiro atoms. The van der Waals surface area contributed by atoms with Crippen molar-refractivity contribution in [3.05, 3.63) is 0 Å². The number of ether oxygens (including phenoxy) is 1. The molecule has 2 saturated heterocycles. The fourth-order valence-corrected chi connectivity index (χ4v) is 4.53. The average Bonchev–Trinajstić information content (AvgIpc) is 2.90. The van der Waals surface area contributed by atoms with Crippen LogP contribution < -0.4 is 0 Å². The Morgan fingerprint density at radius 2 is 1.91 bits per heavy atom. The number of nitrogens with zero attached hydrogens (tertiary/aromatic N) is 1. The van der Waals surface area contributed by atoms with Gasteiger partial charge in [-0.1, -0.05) is 13.8 Å². The van der Waals surface area contributed by atoms with E-state index in [1.165, 1.54) is 12.8 Å². The summed E-state index contributed by atoms with van der Waals surface area (Å²) in [7, 11) is 0. The molecule has 5 nitrogen and oxygen atoms in total. The first-order valence-electron chi connectivity index (χ1n) is 8.91. The van der Waals surface area contributed by atoms with Crippen molar-refractivity contribution in [1.82, 2.24) is 4.90 Å². The van der Waals surface area contributed by atoms with Gasteiger partial charge in [-0.2, -0.15) is 0 Å². The molecular formula is C18H29NO4. The van der Waals surface area contributed by atoms with Gasteiger partial charge < -0.3 is 14.7 Å². The number of carbonyl (C=O) groups is 2. The van der Waals surface area contributed by atoms with Crippen molar-refractivity contribution in [2.75, 3.05) is 26.3 Å². The first-order valence-corrected chi connectivity index (χ1v) is 8.91. The second kappa shape index (κ2) is 6.08. The third-order valence-corrected chi connectivity index (χ3v) is 6.41. The second-order valence-electron chi connectivity index (χ2n) is 8.57. The summed E-state index contributed by atoms with van der Waals surface area (Å²) in [4.78, 5) is 26.3. The number of rotatable bonds is 3. The Bertz CT molecular complexity index is 479. The van der Waals surface area contributed by atoms with Gasteiger partial charge in [0.25, 0.3) is 0 Å². The fraction of sp³-hybridized carbons (Fsp3) is 0.889. The molecular weight excluding hydrogens is 294 g/mol. The molecule has 3 aliphatic rings. The molecule has 2 aliphatic heterocycles. The minimum absolute atomic E-state index is 0.0528. The summed E-state index contributed by atoms with van der Waals surface area (Å²) < 4.78 is 5.46. The van der Waals surface area contributed by atoms with Crippen molar-refractivity contribution in [2.24, 2.45) is 22.7 Å². The third kappa shape index (κ3) is 3.25. The number of carboxylic acids is 1. The normalized spacial score (nSPS) is 34.2. The van der Waals surface area contributed by atoms with Gasteiger partial charge in [-0.15, -0.1) is 0 Å². The number of amides is 1. The predicted molar refractivity (Wildman–Crippen MR) is 85.9 cm³/mol. The molecule has 0 unspecified atom stereocenters. The molecule has 3 rings (SSSR count). The van der Waals surface area contributed by atoms with Crippen LogP contribution in [0.4, 0.5) is 0 Å². The second-order valence-corrected chi connectivity index (χ2v) is 8.57. The number of fused-ring (bicyclic) bond motifs is 1. The summed E-state index contributed by atoms with van der Waals surface area (Å²) in [6, 6.07) is 0. The molecule has 23 heavy (non-hydrogen) atoms. The van der Waals surface area contributed by atoms with Crippen LogP contribution in [0.25, 0.3) is 0 Å². The molecule has 0 aromatic rings. The Hall–Kier alpha value is -1.10. The van der Waals surface area contributed by atoms with Crippen LogP contribution in [0.5, 0.6) is 0 Å². The standard InChI is InChI=1S/C18H29NO4/c1-17(2)5-3-13(4-6-17)9-15(20)19-10-14-11-23-8-7-18(14,12-19)16(21)22/h13-14H,3-12H2,1-2H3,(H,21,22)/t14-,18+/m0/s1. The lowest BCUT2D eigenvalue weighted by molar-refractivity contribution is -0.157. The van der Waals surface area contributed by atoms with Gasteiger partial charge in [0.05, 0.1) is 12.0 Å². The van der Waals surface area contributed by atoms with E-state index in [0.29, 0.717) is 50.5 Å². The molecule has 2 atom stereocenters. The van der Waals surface area contributed by atoms with Gasteiger partial charge >= 0.3 is 5.97 Å². The van der Waals surface area contributed by atoms with Crippen LogP contribution in [0.1, 0.15) is 52.4 Å². The zero-order valence-electron chi connectivity index (χ0n) is 14.3. The average molecular weight is 323 g/mol. The Balaban J connectivity index is 1.60. The highest BCUT2D eigenvalue weighted by Crippen LogP contribution is 2.44. The van der Waals surface area contributed by atoms with Crippen molar-refractivity contribution in [1.29, 1.82) is 0 Å². The lowest BCUT2D eigenvalue weighted by Crippen LogP contribution is -2.45. The predicted octanol–water partition coefficient (Wildman–Crippen LogP) is 2.54. The van der Waals surface area contributed by atoms with Gasteiger partial charge in [0.2, 0.25) is 5.91 Å². The van der Waals surface area contributed by atoms with E-state index >= 15 is 0 Å². The summed E-state index contributed by atoms with van der Waals surface area (Å²) in [5.41, 5.74) is -0.366. The van der Waals surface area contributed by atoms with Crippen LogP contribution in [-0.2, 0) is 14.3 Å². The van der Waals surface area contributed by atoms with Crippen molar-refractivity contribution in [3.63, 3.8) is 0 Å². The van der Waals surface area contributed by atoms with Gasteiger partial charge in [-0.25, -0.2) is 0 Å². The highest BCUT2D eigenvalue weighted by Gasteiger charge is 2.54. The van der Waals surface area contributed by atoms with E-state index in [-0.39, 0.29) is 11.8 Å². The first-order chi connectivity index (χ1) is 10.8. The molecule has 3 fully saturated rings. The minimum Gasteiger partial charge on any atom is -0.481 e. The smallest absolute Gasteiger partial charge is 0.311 e. The van der Waals surface area contributed by atoms with Crippen molar-refractivity contribution < 1.29 is 19.4 Å².